The normalized spacial score (nSPS) is 36.7. The molecular formula is C7H14FN. The van der Waals surface area contributed by atoms with Crippen molar-refractivity contribution in [3.8, 4) is 0 Å². The van der Waals surface area contributed by atoms with E-state index in [1.54, 1.807) is 0 Å². The molecule has 9 heavy (non-hydrogen) atoms. The van der Waals surface area contributed by atoms with Gasteiger partial charge >= 0.3 is 0 Å². The number of piperidine rings is 1. The lowest BCUT2D eigenvalue weighted by molar-refractivity contribution is 0.250. The minimum Gasteiger partial charge on any atom is -0.316 e. The first-order valence-corrected chi connectivity index (χ1v) is 3.59. The van der Waals surface area contributed by atoms with Crippen LogP contribution in [0.1, 0.15) is 13.3 Å². The molecule has 2 atom stereocenters. The largest absolute Gasteiger partial charge is 0.316 e. The Morgan fingerprint density at radius 3 is 2.78 bits per heavy atom. The van der Waals surface area contributed by atoms with Gasteiger partial charge in [0.2, 0.25) is 0 Å². The van der Waals surface area contributed by atoms with E-state index in [4.69, 9.17) is 0 Å². The van der Waals surface area contributed by atoms with Crippen molar-refractivity contribution >= 4 is 0 Å². The zero-order valence-electron chi connectivity index (χ0n) is 5.86. The summed E-state index contributed by atoms with van der Waals surface area (Å²) in [5, 5.41) is 3.20. The summed E-state index contributed by atoms with van der Waals surface area (Å²) >= 11 is 0. The first kappa shape index (κ1) is 7.00. The van der Waals surface area contributed by atoms with Gasteiger partial charge in [-0.05, 0) is 18.9 Å². The number of nitrogens with one attached hydrogen (secondary N) is 1. The molecule has 1 rings (SSSR count). The summed E-state index contributed by atoms with van der Waals surface area (Å²) in [5.41, 5.74) is 0. The number of hydrogen-bond acceptors (Lipinski definition) is 1. The molecule has 1 aliphatic rings. The van der Waals surface area contributed by atoms with Crippen molar-refractivity contribution < 1.29 is 4.39 Å². The van der Waals surface area contributed by atoms with Gasteiger partial charge in [0.25, 0.3) is 0 Å². The molecule has 0 aliphatic carbocycles. The fraction of sp³-hybridized carbons (Fsp3) is 1.00. The van der Waals surface area contributed by atoms with Crippen LogP contribution in [0.5, 0.6) is 0 Å². The summed E-state index contributed by atoms with van der Waals surface area (Å²) in [4.78, 5) is 0. The van der Waals surface area contributed by atoms with Crippen LogP contribution >= 0.6 is 0 Å². The van der Waals surface area contributed by atoms with Gasteiger partial charge in [-0.2, -0.15) is 0 Å². The third kappa shape index (κ3) is 1.94. The van der Waals surface area contributed by atoms with Crippen LogP contribution in [-0.2, 0) is 0 Å². The highest BCUT2D eigenvalue weighted by atomic mass is 19.1. The molecule has 54 valence electrons. The first-order chi connectivity index (χ1) is 4.33. The van der Waals surface area contributed by atoms with Crippen LogP contribution in [0.4, 0.5) is 4.39 Å². The fourth-order valence-corrected chi connectivity index (χ4v) is 1.39. The zero-order valence-corrected chi connectivity index (χ0v) is 5.86. The van der Waals surface area contributed by atoms with E-state index in [1.165, 1.54) is 0 Å². The van der Waals surface area contributed by atoms with Crippen molar-refractivity contribution in [3.63, 3.8) is 0 Å². The van der Waals surface area contributed by atoms with E-state index in [9.17, 15) is 4.39 Å². The van der Waals surface area contributed by atoms with Crippen molar-refractivity contribution in [1.82, 2.24) is 5.32 Å². The molecule has 1 nitrogen and oxygen atoms in total. The monoisotopic (exact) mass is 131 g/mol. The Morgan fingerprint density at radius 1 is 1.56 bits per heavy atom. The predicted molar refractivity (Wildman–Crippen MR) is 36.1 cm³/mol. The number of hydrogen-bond donors (Lipinski definition) is 1. The topological polar surface area (TPSA) is 12.0 Å². The Morgan fingerprint density at radius 2 is 2.33 bits per heavy atom. The molecule has 1 fully saturated rings. The van der Waals surface area contributed by atoms with Gasteiger partial charge in [-0.3, -0.25) is 4.39 Å². The highest BCUT2D eigenvalue weighted by molar-refractivity contribution is 4.72. The summed E-state index contributed by atoms with van der Waals surface area (Å²) in [7, 11) is 0. The van der Waals surface area contributed by atoms with Gasteiger partial charge in [-0.25, -0.2) is 0 Å². The Bertz CT molecular complexity index is 85.0. The third-order valence-corrected chi connectivity index (χ3v) is 1.88. The second-order valence-electron chi connectivity index (χ2n) is 3.02. The summed E-state index contributed by atoms with van der Waals surface area (Å²) < 4.78 is 12.0. The van der Waals surface area contributed by atoms with E-state index in [2.05, 4.69) is 12.2 Å². The molecule has 0 bridgehead atoms. The molecule has 0 radical (unpaired) electrons. The van der Waals surface area contributed by atoms with Crippen LogP contribution in [0.3, 0.4) is 0 Å². The number of alkyl halides is 1. The number of halogens is 1. The molecule has 1 unspecified atom stereocenters. The smallest absolute Gasteiger partial charge is 0.0934 e. The van der Waals surface area contributed by atoms with E-state index in [-0.39, 0.29) is 12.6 Å². The van der Waals surface area contributed by atoms with Gasteiger partial charge in [0.1, 0.15) is 0 Å². The van der Waals surface area contributed by atoms with Crippen LogP contribution in [0.15, 0.2) is 0 Å². The Hall–Kier alpha value is -0.110. The van der Waals surface area contributed by atoms with Gasteiger partial charge in [-0.1, -0.05) is 6.92 Å². The first-order valence-electron chi connectivity index (χ1n) is 3.59. The Labute approximate surface area is 55.6 Å². The molecular weight excluding hydrogens is 117 g/mol. The van der Waals surface area contributed by atoms with E-state index in [0.717, 1.165) is 19.5 Å². The lowest BCUT2D eigenvalue weighted by atomic mass is 9.93. The molecule has 0 aromatic heterocycles. The maximum Gasteiger partial charge on any atom is 0.0934 e. The van der Waals surface area contributed by atoms with Gasteiger partial charge in [0, 0.05) is 12.5 Å². The molecule has 0 amide bonds. The van der Waals surface area contributed by atoms with Crippen LogP contribution in [0.2, 0.25) is 0 Å². The quantitative estimate of drug-likeness (QED) is 0.564. The van der Waals surface area contributed by atoms with Crippen molar-refractivity contribution in [1.29, 1.82) is 0 Å². The van der Waals surface area contributed by atoms with E-state index in [0.29, 0.717) is 5.92 Å². The second kappa shape index (κ2) is 3.16. The highest BCUT2D eigenvalue weighted by Gasteiger charge is 2.17. The average Bonchev–Trinajstić information content (AvgIpc) is 1.88. The lowest BCUT2D eigenvalue weighted by Crippen LogP contribution is -2.35. The maximum absolute atomic E-state index is 12.0. The fourth-order valence-electron chi connectivity index (χ4n) is 1.39. The minimum atomic E-state index is -0.155. The average molecular weight is 131 g/mol. The molecule has 1 N–H and O–H groups in total. The third-order valence-electron chi connectivity index (χ3n) is 1.88. The summed E-state index contributed by atoms with van der Waals surface area (Å²) in [6.45, 7) is 3.95. The minimum absolute atomic E-state index is 0.155. The maximum atomic E-state index is 12.0. The van der Waals surface area contributed by atoms with Crippen molar-refractivity contribution in [3.05, 3.63) is 0 Å². The second-order valence-corrected chi connectivity index (χ2v) is 3.02. The molecule has 0 spiro atoms. The molecule has 0 aromatic carbocycles. The van der Waals surface area contributed by atoms with Crippen LogP contribution in [0, 0.1) is 11.8 Å². The van der Waals surface area contributed by atoms with Crippen LogP contribution in [0.25, 0.3) is 0 Å². The Kier molecular flexibility index (Phi) is 2.46. The van der Waals surface area contributed by atoms with Crippen LogP contribution < -0.4 is 5.32 Å². The van der Waals surface area contributed by atoms with Crippen molar-refractivity contribution in [2.24, 2.45) is 11.8 Å². The predicted octanol–water partition coefficient (Wildman–Crippen LogP) is 1.20. The Balaban J connectivity index is 2.23. The van der Waals surface area contributed by atoms with Crippen molar-refractivity contribution in [2.75, 3.05) is 19.8 Å². The van der Waals surface area contributed by atoms with Gasteiger partial charge in [-0.15, -0.1) is 0 Å². The summed E-state index contributed by atoms with van der Waals surface area (Å²) in [6.07, 6.45) is 1.06. The van der Waals surface area contributed by atoms with E-state index in [1.807, 2.05) is 0 Å². The SMILES string of the molecule is CC1CNC[C@@H](CF)C1. The molecule has 1 heterocycles. The van der Waals surface area contributed by atoms with Crippen molar-refractivity contribution in [2.45, 2.75) is 13.3 Å². The molecule has 1 aliphatic heterocycles. The van der Waals surface area contributed by atoms with E-state index >= 15 is 0 Å². The molecule has 2 heteroatoms. The van der Waals surface area contributed by atoms with Gasteiger partial charge in [0.05, 0.1) is 6.67 Å². The van der Waals surface area contributed by atoms with Crippen LogP contribution in [-0.4, -0.2) is 19.8 Å². The molecule has 1 saturated heterocycles. The van der Waals surface area contributed by atoms with Gasteiger partial charge in [0.15, 0.2) is 0 Å². The summed E-state index contributed by atoms with van der Waals surface area (Å²) in [5.74, 6) is 0.952. The molecule has 0 saturated carbocycles. The molecule has 0 aromatic rings. The number of rotatable bonds is 1. The zero-order chi connectivity index (χ0) is 6.69. The highest BCUT2D eigenvalue weighted by Crippen LogP contribution is 2.15. The lowest BCUT2D eigenvalue weighted by Gasteiger charge is -2.25. The van der Waals surface area contributed by atoms with Gasteiger partial charge < -0.3 is 5.32 Å². The summed E-state index contributed by atoms with van der Waals surface area (Å²) in [6, 6.07) is 0. The van der Waals surface area contributed by atoms with E-state index < -0.39 is 0 Å². The standard InChI is InChI=1S/C7H14FN/c1-6-2-7(3-8)5-9-4-6/h6-7,9H,2-5H2,1H3/t6?,7-/m1/s1.